The van der Waals surface area contributed by atoms with Gasteiger partial charge in [-0.2, -0.15) is 0 Å². The summed E-state index contributed by atoms with van der Waals surface area (Å²) in [7, 11) is 0. The lowest BCUT2D eigenvalue weighted by atomic mass is 10.1. The molecule has 6 heteroatoms. The van der Waals surface area contributed by atoms with Gasteiger partial charge in [0.1, 0.15) is 13.2 Å². The van der Waals surface area contributed by atoms with E-state index in [9.17, 15) is 14.4 Å². The minimum Gasteiger partial charge on any atom is -0.462 e. The molecule has 0 bridgehead atoms. The van der Waals surface area contributed by atoms with Crippen molar-refractivity contribution >= 4 is 17.9 Å². The minimum absolute atomic E-state index is 0.0822. The Morgan fingerprint density at radius 3 is 0.942 bits per heavy atom. The van der Waals surface area contributed by atoms with Gasteiger partial charge < -0.3 is 14.2 Å². The fraction of sp³-hybridized carbons (Fsp3) is 0.762. The van der Waals surface area contributed by atoms with Crippen molar-refractivity contribution in [3.63, 3.8) is 0 Å². The van der Waals surface area contributed by atoms with Crippen molar-refractivity contribution in [1.29, 1.82) is 0 Å². The zero-order chi connectivity index (χ0) is 50.0. The predicted molar refractivity (Wildman–Crippen MR) is 298 cm³/mol. The molecule has 0 fully saturated rings. The molecule has 0 aliphatic heterocycles. The summed E-state index contributed by atoms with van der Waals surface area (Å²) in [6, 6.07) is 0. The van der Waals surface area contributed by atoms with Crippen LogP contribution in [0.25, 0.3) is 0 Å². The van der Waals surface area contributed by atoms with E-state index in [0.717, 1.165) is 96.3 Å². The van der Waals surface area contributed by atoms with E-state index in [1.807, 2.05) is 0 Å². The van der Waals surface area contributed by atoms with Crippen LogP contribution in [0.15, 0.2) is 72.9 Å². The minimum atomic E-state index is -0.783. The molecule has 0 saturated carbocycles. The molecule has 0 spiro atoms. The van der Waals surface area contributed by atoms with E-state index < -0.39 is 6.10 Å². The van der Waals surface area contributed by atoms with Crippen molar-refractivity contribution in [2.24, 2.45) is 0 Å². The van der Waals surface area contributed by atoms with Gasteiger partial charge in [-0.25, -0.2) is 0 Å². The maximum atomic E-state index is 12.9. The summed E-state index contributed by atoms with van der Waals surface area (Å²) >= 11 is 0. The predicted octanol–water partition coefficient (Wildman–Crippen LogP) is 19.8. The van der Waals surface area contributed by atoms with Crippen LogP contribution >= 0.6 is 0 Å². The first-order valence-corrected chi connectivity index (χ1v) is 29.4. The van der Waals surface area contributed by atoms with Crippen LogP contribution in [0, 0.1) is 0 Å². The van der Waals surface area contributed by atoms with Crippen LogP contribution in [-0.4, -0.2) is 37.2 Å². The molecule has 0 aromatic heterocycles. The Morgan fingerprint density at radius 2 is 0.580 bits per heavy atom. The van der Waals surface area contributed by atoms with Gasteiger partial charge in [-0.15, -0.1) is 0 Å². The molecule has 0 aliphatic carbocycles. The van der Waals surface area contributed by atoms with Crippen molar-refractivity contribution < 1.29 is 28.6 Å². The first-order valence-electron chi connectivity index (χ1n) is 29.4. The molecule has 0 heterocycles. The van der Waals surface area contributed by atoms with Crippen molar-refractivity contribution in [2.75, 3.05) is 13.2 Å². The van der Waals surface area contributed by atoms with Gasteiger partial charge in [0.2, 0.25) is 0 Å². The Labute approximate surface area is 427 Å². The van der Waals surface area contributed by atoms with Gasteiger partial charge in [0, 0.05) is 19.3 Å². The molecule has 0 amide bonds. The van der Waals surface area contributed by atoms with Gasteiger partial charge >= 0.3 is 17.9 Å². The standard InChI is InChI=1S/C63H110O6/c1-4-7-10-13-16-19-22-24-26-28-30-31-33-34-36-38-41-44-47-50-53-56-62(65)68-59-60(58-67-61(64)55-52-49-46-43-40-21-18-15-12-9-6-3)69-63(66)57-54-51-48-45-42-39-37-35-32-29-27-25-23-20-17-14-11-8-5-2/h7,10,15-16,18-19,24-27,30-31,60H,4-6,8-9,11-14,17,20-23,28-29,32-59H2,1-3H3/b10-7-,18-15-,19-16-,26-24-,27-25-,31-30-. The average Bonchev–Trinajstić information content (AvgIpc) is 3.35. The Balaban J connectivity index is 4.33. The quantitative estimate of drug-likeness (QED) is 0.0262. The van der Waals surface area contributed by atoms with Gasteiger partial charge in [0.05, 0.1) is 0 Å². The van der Waals surface area contributed by atoms with E-state index in [0.29, 0.717) is 19.3 Å². The fourth-order valence-corrected chi connectivity index (χ4v) is 8.23. The molecule has 1 unspecified atom stereocenters. The summed E-state index contributed by atoms with van der Waals surface area (Å²) < 4.78 is 16.9. The van der Waals surface area contributed by atoms with E-state index >= 15 is 0 Å². The molecule has 0 aromatic carbocycles. The van der Waals surface area contributed by atoms with Crippen LogP contribution in [0.4, 0.5) is 0 Å². The third-order valence-corrected chi connectivity index (χ3v) is 12.7. The summed E-state index contributed by atoms with van der Waals surface area (Å²) in [5.41, 5.74) is 0. The number of rotatable bonds is 53. The molecule has 0 rings (SSSR count). The normalized spacial score (nSPS) is 12.6. The molecule has 0 N–H and O–H groups in total. The second-order valence-electron chi connectivity index (χ2n) is 19.5. The Bertz CT molecular complexity index is 1290. The van der Waals surface area contributed by atoms with Gasteiger partial charge in [-0.05, 0) is 103 Å². The van der Waals surface area contributed by atoms with Crippen LogP contribution in [0.2, 0.25) is 0 Å². The van der Waals surface area contributed by atoms with Crippen molar-refractivity contribution in [1.82, 2.24) is 0 Å². The number of hydrogen-bond donors (Lipinski definition) is 0. The highest BCUT2D eigenvalue weighted by Gasteiger charge is 2.19. The molecule has 6 nitrogen and oxygen atoms in total. The summed E-state index contributed by atoms with van der Waals surface area (Å²) in [5, 5.41) is 0. The zero-order valence-corrected chi connectivity index (χ0v) is 45.6. The maximum Gasteiger partial charge on any atom is 0.306 e. The van der Waals surface area contributed by atoms with Gasteiger partial charge in [-0.3, -0.25) is 14.4 Å². The number of unbranched alkanes of at least 4 members (excludes halogenated alkanes) is 30. The SMILES string of the molecule is CC/C=C\C/C=C\C/C=C\C/C=C\CCCCCCCCCCC(=O)OCC(COC(=O)CCCCCCC/C=C\CCCC)OC(=O)CCCCCCCCCCC/C=C\CCCCCCCC. The number of allylic oxidation sites excluding steroid dienone is 12. The lowest BCUT2D eigenvalue weighted by Gasteiger charge is -2.18. The largest absolute Gasteiger partial charge is 0.462 e. The molecular weight excluding hydrogens is 853 g/mol. The van der Waals surface area contributed by atoms with E-state index in [4.69, 9.17) is 14.2 Å². The first-order chi connectivity index (χ1) is 34.0. The summed E-state index contributed by atoms with van der Waals surface area (Å²) in [6.07, 6.45) is 73.2. The average molecular weight is 964 g/mol. The van der Waals surface area contributed by atoms with E-state index in [1.54, 1.807) is 0 Å². The molecular formula is C63H110O6. The molecule has 0 aromatic rings. The second kappa shape index (κ2) is 57.4. The van der Waals surface area contributed by atoms with Crippen molar-refractivity contribution in [3.05, 3.63) is 72.9 Å². The van der Waals surface area contributed by atoms with Crippen LogP contribution in [0.3, 0.4) is 0 Å². The first kappa shape index (κ1) is 65.8. The second-order valence-corrected chi connectivity index (χ2v) is 19.5. The number of carbonyl (C=O) groups excluding carboxylic acids is 3. The summed E-state index contributed by atoms with van der Waals surface area (Å²) in [4.78, 5) is 38.1. The molecule has 398 valence electrons. The number of hydrogen-bond acceptors (Lipinski definition) is 6. The lowest BCUT2D eigenvalue weighted by Crippen LogP contribution is -2.30. The molecule has 69 heavy (non-hydrogen) atoms. The Morgan fingerprint density at radius 1 is 0.304 bits per heavy atom. The topological polar surface area (TPSA) is 78.9 Å². The van der Waals surface area contributed by atoms with Crippen LogP contribution in [0.5, 0.6) is 0 Å². The third kappa shape index (κ3) is 55.6. The summed E-state index contributed by atoms with van der Waals surface area (Å²) in [5.74, 6) is -0.892. The third-order valence-electron chi connectivity index (χ3n) is 12.7. The number of ether oxygens (including phenoxy) is 3. The maximum absolute atomic E-state index is 12.9. The lowest BCUT2D eigenvalue weighted by molar-refractivity contribution is -0.167. The molecule has 1 atom stereocenters. The zero-order valence-electron chi connectivity index (χ0n) is 45.6. The van der Waals surface area contributed by atoms with Crippen molar-refractivity contribution in [2.45, 2.75) is 297 Å². The molecule has 0 aliphatic rings. The smallest absolute Gasteiger partial charge is 0.306 e. The Hall–Kier alpha value is -3.15. The van der Waals surface area contributed by atoms with Crippen molar-refractivity contribution in [3.8, 4) is 0 Å². The Kier molecular flexibility index (Phi) is 54.8. The van der Waals surface area contributed by atoms with Crippen LogP contribution in [0.1, 0.15) is 290 Å². The highest BCUT2D eigenvalue weighted by Crippen LogP contribution is 2.15. The highest BCUT2D eigenvalue weighted by atomic mass is 16.6. The van der Waals surface area contributed by atoms with Gasteiger partial charge in [0.25, 0.3) is 0 Å². The van der Waals surface area contributed by atoms with Crippen LogP contribution < -0.4 is 0 Å². The van der Waals surface area contributed by atoms with E-state index in [2.05, 4.69) is 93.7 Å². The van der Waals surface area contributed by atoms with E-state index in [-0.39, 0.29) is 31.1 Å². The van der Waals surface area contributed by atoms with Gasteiger partial charge in [-0.1, -0.05) is 241 Å². The van der Waals surface area contributed by atoms with Crippen LogP contribution in [-0.2, 0) is 28.6 Å². The number of esters is 3. The highest BCUT2D eigenvalue weighted by molar-refractivity contribution is 5.71. The van der Waals surface area contributed by atoms with E-state index in [1.165, 1.54) is 154 Å². The monoisotopic (exact) mass is 963 g/mol. The molecule has 0 radical (unpaired) electrons. The fourth-order valence-electron chi connectivity index (χ4n) is 8.23. The summed E-state index contributed by atoms with van der Waals surface area (Å²) in [6.45, 7) is 6.49. The van der Waals surface area contributed by atoms with Gasteiger partial charge in [0.15, 0.2) is 6.10 Å². The number of carbonyl (C=O) groups is 3. The molecule has 0 saturated heterocycles.